The maximum atomic E-state index is 12.4. The molecular weight excluding hydrogens is 330 g/mol. The van der Waals surface area contributed by atoms with E-state index in [2.05, 4.69) is 15.2 Å². The fourth-order valence-electron chi connectivity index (χ4n) is 3.77. The number of anilines is 4. The first-order valence-corrected chi connectivity index (χ1v) is 9.09. The Balaban J connectivity index is 1.72. The van der Waals surface area contributed by atoms with Crippen LogP contribution >= 0.6 is 0 Å². The number of phenolic OH excluding ortho intramolecular Hbond substituents is 1. The molecule has 0 saturated heterocycles. The van der Waals surface area contributed by atoms with Gasteiger partial charge in [-0.1, -0.05) is 25.0 Å². The van der Waals surface area contributed by atoms with E-state index in [4.69, 9.17) is 4.98 Å². The summed E-state index contributed by atoms with van der Waals surface area (Å²) in [5, 5.41) is 13.1. The van der Waals surface area contributed by atoms with Crippen molar-refractivity contribution >= 4 is 29.0 Å². The van der Waals surface area contributed by atoms with Gasteiger partial charge in [0.05, 0.1) is 11.9 Å². The third kappa shape index (κ3) is 3.05. The number of rotatable bonds is 3. The van der Waals surface area contributed by atoms with Gasteiger partial charge in [-0.05, 0) is 25.0 Å². The molecule has 0 atom stereocenters. The number of nitrogens with one attached hydrogen (secondary N) is 1. The molecule has 4 rings (SSSR count). The van der Waals surface area contributed by atoms with Crippen molar-refractivity contribution in [2.45, 2.75) is 38.1 Å². The average Bonchev–Trinajstić information content (AvgIpc) is 3.14. The number of amides is 1. The third-order valence-electron chi connectivity index (χ3n) is 5.24. The molecule has 1 fully saturated rings. The number of hydrogen-bond donors (Lipinski definition) is 2. The third-order valence-corrected chi connectivity index (χ3v) is 5.24. The lowest BCUT2D eigenvalue weighted by Crippen LogP contribution is -2.34. The van der Waals surface area contributed by atoms with Crippen molar-refractivity contribution < 1.29 is 9.90 Å². The van der Waals surface area contributed by atoms with Crippen LogP contribution < -0.4 is 15.1 Å². The number of phenols is 1. The van der Waals surface area contributed by atoms with Crippen molar-refractivity contribution in [2.24, 2.45) is 0 Å². The number of fused-ring (bicyclic) bond motifs is 1. The predicted molar refractivity (Wildman–Crippen MR) is 101 cm³/mol. The zero-order valence-electron chi connectivity index (χ0n) is 14.9. The molecule has 2 N–H and O–H groups in total. The zero-order valence-corrected chi connectivity index (χ0v) is 14.9. The van der Waals surface area contributed by atoms with Crippen LogP contribution in [0.5, 0.6) is 5.75 Å². The highest BCUT2D eigenvalue weighted by molar-refractivity contribution is 5.97. The Kier molecular flexibility index (Phi) is 4.36. The molecule has 1 saturated carbocycles. The first-order valence-electron chi connectivity index (χ1n) is 9.09. The summed E-state index contributed by atoms with van der Waals surface area (Å²) < 4.78 is 0. The Bertz CT molecular complexity index is 819. The van der Waals surface area contributed by atoms with Crippen LogP contribution in [-0.2, 0) is 4.79 Å². The van der Waals surface area contributed by atoms with E-state index in [1.54, 1.807) is 36.3 Å². The van der Waals surface area contributed by atoms with Crippen LogP contribution in [0.3, 0.4) is 0 Å². The minimum Gasteiger partial charge on any atom is -0.506 e. The van der Waals surface area contributed by atoms with Gasteiger partial charge in [0, 0.05) is 26.1 Å². The van der Waals surface area contributed by atoms with E-state index in [-0.39, 0.29) is 11.7 Å². The summed E-state index contributed by atoms with van der Waals surface area (Å²) in [5.74, 6) is 1.43. The smallest absolute Gasteiger partial charge is 0.229 e. The van der Waals surface area contributed by atoms with Gasteiger partial charge < -0.3 is 20.2 Å². The number of para-hydroxylation sites is 2. The fraction of sp³-hybridized carbons (Fsp3) is 0.421. The van der Waals surface area contributed by atoms with E-state index in [1.807, 2.05) is 6.07 Å². The van der Waals surface area contributed by atoms with E-state index in [9.17, 15) is 9.90 Å². The number of nitrogens with zero attached hydrogens (tertiary/aromatic N) is 4. The molecule has 1 aromatic carbocycles. The van der Waals surface area contributed by atoms with Crippen LogP contribution in [0.1, 0.15) is 32.1 Å². The molecule has 2 aromatic rings. The number of aromatic hydroxyl groups is 1. The molecule has 1 aliphatic heterocycles. The monoisotopic (exact) mass is 353 g/mol. The molecule has 0 spiro atoms. The maximum absolute atomic E-state index is 12.4. The molecule has 0 bridgehead atoms. The van der Waals surface area contributed by atoms with Crippen LogP contribution in [0.15, 0.2) is 30.5 Å². The SMILES string of the molecule is CN1C(=O)CCN(C2CCCC2)c2nc(Nc3ccccc3O)ncc21. The second kappa shape index (κ2) is 6.82. The summed E-state index contributed by atoms with van der Waals surface area (Å²) in [5.41, 5.74) is 1.29. The van der Waals surface area contributed by atoms with Gasteiger partial charge in [0.15, 0.2) is 5.82 Å². The van der Waals surface area contributed by atoms with Gasteiger partial charge in [0.1, 0.15) is 11.4 Å². The van der Waals surface area contributed by atoms with Gasteiger partial charge >= 0.3 is 0 Å². The normalized spacial score (nSPS) is 18.0. The van der Waals surface area contributed by atoms with Crippen molar-refractivity contribution in [3.05, 3.63) is 30.5 Å². The summed E-state index contributed by atoms with van der Waals surface area (Å²) in [6.45, 7) is 0.674. The molecule has 2 heterocycles. The van der Waals surface area contributed by atoms with Crippen LogP contribution in [0.25, 0.3) is 0 Å². The van der Waals surface area contributed by atoms with Gasteiger partial charge in [-0.3, -0.25) is 4.79 Å². The van der Waals surface area contributed by atoms with Gasteiger partial charge in [-0.15, -0.1) is 0 Å². The fourth-order valence-corrected chi connectivity index (χ4v) is 3.77. The topological polar surface area (TPSA) is 81.6 Å². The molecule has 7 nitrogen and oxygen atoms in total. The van der Waals surface area contributed by atoms with E-state index >= 15 is 0 Å². The van der Waals surface area contributed by atoms with Crippen molar-refractivity contribution in [1.29, 1.82) is 0 Å². The van der Waals surface area contributed by atoms with Gasteiger partial charge in [-0.2, -0.15) is 4.98 Å². The Labute approximate surface area is 152 Å². The number of benzene rings is 1. The van der Waals surface area contributed by atoms with E-state index in [0.717, 1.165) is 24.3 Å². The van der Waals surface area contributed by atoms with Crippen LogP contribution in [0.4, 0.5) is 23.1 Å². The highest BCUT2D eigenvalue weighted by Gasteiger charge is 2.31. The molecular formula is C19H23N5O2. The Morgan fingerprint density at radius 3 is 2.77 bits per heavy atom. The van der Waals surface area contributed by atoms with Crippen LogP contribution in [-0.4, -0.2) is 40.6 Å². The standard InChI is InChI=1S/C19H23N5O2/c1-23-15-12-20-19(21-14-8-4-5-9-16(14)25)22-18(15)24(11-10-17(23)26)13-6-2-3-7-13/h4-5,8-9,12-13,25H,2-3,6-7,10-11H2,1H3,(H,20,21,22). The molecule has 1 amide bonds. The summed E-state index contributed by atoms with van der Waals surface area (Å²) in [6, 6.07) is 7.41. The lowest BCUT2D eigenvalue weighted by atomic mass is 10.2. The molecule has 1 aromatic heterocycles. The minimum atomic E-state index is 0.0803. The summed E-state index contributed by atoms with van der Waals surface area (Å²) >= 11 is 0. The molecule has 0 unspecified atom stereocenters. The highest BCUT2D eigenvalue weighted by Crippen LogP contribution is 2.36. The number of aromatic nitrogens is 2. The molecule has 0 radical (unpaired) electrons. The molecule has 26 heavy (non-hydrogen) atoms. The first kappa shape index (κ1) is 16.6. The molecule has 7 heteroatoms. The first-order chi connectivity index (χ1) is 12.6. The highest BCUT2D eigenvalue weighted by atomic mass is 16.3. The van der Waals surface area contributed by atoms with E-state index in [0.29, 0.717) is 30.6 Å². The quantitative estimate of drug-likeness (QED) is 0.826. The molecule has 2 aliphatic rings. The van der Waals surface area contributed by atoms with Crippen LogP contribution in [0, 0.1) is 0 Å². The summed E-state index contributed by atoms with van der Waals surface area (Å²) in [7, 11) is 1.78. The predicted octanol–water partition coefficient (Wildman–Crippen LogP) is 3.04. The second-order valence-electron chi connectivity index (χ2n) is 6.88. The molecule has 136 valence electrons. The second-order valence-corrected chi connectivity index (χ2v) is 6.88. The minimum absolute atomic E-state index is 0.0803. The van der Waals surface area contributed by atoms with E-state index < -0.39 is 0 Å². The van der Waals surface area contributed by atoms with Gasteiger partial charge in [-0.25, -0.2) is 4.98 Å². The van der Waals surface area contributed by atoms with Crippen molar-refractivity contribution in [1.82, 2.24) is 9.97 Å². The lowest BCUT2D eigenvalue weighted by Gasteiger charge is -2.30. The Hall–Kier alpha value is -2.83. The van der Waals surface area contributed by atoms with Crippen molar-refractivity contribution in [3.63, 3.8) is 0 Å². The van der Waals surface area contributed by atoms with Gasteiger partial charge in [0.2, 0.25) is 11.9 Å². The largest absolute Gasteiger partial charge is 0.506 e. The van der Waals surface area contributed by atoms with Crippen molar-refractivity contribution in [3.8, 4) is 5.75 Å². The molecule has 1 aliphatic carbocycles. The Morgan fingerprint density at radius 2 is 2.00 bits per heavy atom. The van der Waals surface area contributed by atoms with E-state index in [1.165, 1.54) is 12.8 Å². The average molecular weight is 353 g/mol. The maximum Gasteiger partial charge on any atom is 0.229 e. The van der Waals surface area contributed by atoms with Crippen LogP contribution in [0.2, 0.25) is 0 Å². The number of carbonyl (C=O) groups excluding carboxylic acids is 1. The van der Waals surface area contributed by atoms with Crippen molar-refractivity contribution in [2.75, 3.05) is 28.7 Å². The Morgan fingerprint density at radius 1 is 1.23 bits per heavy atom. The summed E-state index contributed by atoms with van der Waals surface area (Å²) in [4.78, 5) is 25.3. The van der Waals surface area contributed by atoms with Gasteiger partial charge in [0.25, 0.3) is 0 Å². The summed E-state index contributed by atoms with van der Waals surface area (Å²) in [6.07, 6.45) is 6.86. The zero-order chi connectivity index (χ0) is 18.1. The number of carbonyl (C=O) groups is 1. The number of hydrogen-bond acceptors (Lipinski definition) is 6. The lowest BCUT2D eigenvalue weighted by molar-refractivity contribution is -0.118.